The fourth-order valence-corrected chi connectivity index (χ4v) is 8.66. The van der Waals surface area contributed by atoms with Gasteiger partial charge < -0.3 is 18.2 Å². The Balaban J connectivity index is 1.04. The molecular formula is C52H31NO3. The van der Waals surface area contributed by atoms with E-state index < -0.39 is 0 Å². The summed E-state index contributed by atoms with van der Waals surface area (Å²) in [7, 11) is 0. The van der Waals surface area contributed by atoms with Crippen molar-refractivity contribution in [3.8, 4) is 22.3 Å². The van der Waals surface area contributed by atoms with Crippen molar-refractivity contribution in [1.29, 1.82) is 0 Å². The van der Waals surface area contributed by atoms with Gasteiger partial charge in [-0.3, -0.25) is 0 Å². The van der Waals surface area contributed by atoms with E-state index in [9.17, 15) is 0 Å². The molecule has 4 heteroatoms. The first-order chi connectivity index (χ1) is 27.8. The number of rotatable bonds is 5. The third-order valence-corrected chi connectivity index (χ3v) is 11.3. The van der Waals surface area contributed by atoms with E-state index in [2.05, 4.69) is 175 Å². The number of para-hydroxylation sites is 2. The summed E-state index contributed by atoms with van der Waals surface area (Å²) in [5.41, 5.74) is 12.7. The Morgan fingerprint density at radius 3 is 1.75 bits per heavy atom. The molecule has 4 nitrogen and oxygen atoms in total. The lowest BCUT2D eigenvalue weighted by Crippen LogP contribution is -2.10. The highest BCUT2D eigenvalue weighted by Gasteiger charge is 2.22. The van der Waals surface area contributed by atoms with Crippen molar-refractivity contribution in [2.45, 2.75) is 0 Å². The summed E-state index contributed by atoms with van der Waals surface area (Å²) in [6.45, 7) is 0. The van der Waals surface area contributed by atoms with Crippen LogP contribution >= 0.6 is 0 Å². The maximum Gasteiger partial charge on any atom is 0.159 e. The van der Waals surface area contributed by atoms with Crippen LogP contribution < -0.4 is 4.90 Å². The Morgan fingerprint density at radius 1 is 0.304 bits per heavy atom. The van der Waals surface area contributed by atoms with Crippen molar-refractivity contribution in [2.24, 2.45) is 0 Å². The van der Waals surface area contributed by atoms with Gasteiger partial charge in [0, 0.05) is 43.7 Å². The standard InChI is InChI=1S/C52H31NO3/c1-2-10-32(11-3-1)33-20-25-36(26-21-33)53(44-17-8-16-41-43-29-24-34-12-4-5-13-39(34)50(43)56-51(41)44)37-27-22-35(23-28-37)38-15-9-19-46-48(38)49-47(54-46)31-30-42-40-14-6-7-18-45(40)55-52(42)49/h1-31H. The highest BCUT2D eigenvalue weighted by Crippen LogP contribution is 2.46. The van der Waals surface area contributed by atoms with Crippen LogP contribution in [-0.2, 0) is 0 Å². The van der Waals surface area contributed by atoms with Gasteiger partial charge in [-0.15, -0.1) is 0 Å². The van der Waals surface area contributed by atoms with E-state index in [-0.39, 0.29) is 0 Å². The van der Waals surface area contributed by atoms with E-state index in [4.69, 9.17) is 13.3 Å². The molecule has 0 aliphatic rings. The molecule has 9 aromatic carbocycles. The zero-order valence-corrected chi connectivity index (χ0v) is 30.1. The van der Waals surface area contributed by atoms with Crippen LogP contribution in [0.4, 0.5) is 17.1 Å². The van der Waals surface area contributed by atoms with Gasteiger partial charge in [0.05, 0.1) is 11.1 Å². The maximum absolute atomic E-state index is 6.88. The van der Waals surface area contributed by atoms with Gasteiger partial charge in [0.25, 0.3) is 0 Å². The molecule has 0 aliphatic carbocycles. The summed E-state index contributed by atoms with van der Waals surface area (Å²) < 4.78 is 19.8. The smallest absolute Gasteiger partial charge is 0.159 e. The third kappa shape index (κ3) is 4.60. The van der Waals surface area contributed by atoms with Crippen molar-refractivity contribution in [3.63, 3.8) is 0 Å². The van der Waals surface area contributed by atoms with Crippen molar-refractivity contribution >= 4 is 93.7 Å². The zero-order chi connectivity index (χ0) is 36.7. The van der Waals surface area contributed by atoms with Crippen LogP contribution in [0.1, 0.15) is 0 Å². The Morgan fingerprint density at radius 2 is 0.911 bits per heavy atom. The highest BCUT2D eigenvalue weighted by molar-refractivity contribution is 6.25. The molecule has 3 aromatic heterocycles. The molecule has 0 radical (unpaired) electrons. The van der Waals surface area contributed by atoms with Gasteiger partial charge in [0.1, 0.15) is 27.9 Å². The van der Waals surface area contributed by atoms with E-state index in [1.165, 1.54) is 5.56 Å². The summed E-state index contributed by atoms with van der Waals surface area (Å²) >= 11 is 0. The first kappa shape index (κ1) is 30.9. The van der Waals surface area contributed by atoms with Crippen molar-refractivity contribution in [2.75, 3.05) is 4.90 Å². The number of anilines is 3. The number of benzene rings is 9. The Hall–Kier alpha value is -7.56. The molecule has 12 aromatic rings. The number of furan rings is 3. The average molecular weight is 718 g/mol. The Labute approximate surface area is 321 Å². The molecule has 0 spiro atoms. The van der Waals surface area contributed by atoms with Crippen LogP contribution in [0.2, 0.25) is 0 Å². The van der Waals surface area contributed by atoms with Crippen LogP contribution in [0.3, 0.4) is 0 Å². The summed E-state index contributed by atoms with van der Waals surface area (Å²) in [5, 5.41) is 8.69. The molecule has 0 fully saturated rings. The maximum atomic E-state index is 6.88. The predicted octanol–water partition coefficient (Wildman–Crippen LogP) is 15.3. The van der Waals surface area contributed by atoms with Gasteiger partial charge in [-0.2, -0.15) is 0 Å². The highest BCUT2D eigenvalue weighted by atomic mass is 16.3. The van der Waals surface area contributed by atoms with Crippen LogP contribution in [0.25, 0.3) is 98.8 Å². The SMILES string of the molecule is c1ccc(-c2ccc(N(c3ccc(-c4cccc5oc6ccc7c8ccccc8oc7c6c45)cc3)c3cccc4c3oc3c5ccccc5ccc43)cc2)cc1. The molecule has 0 saturated heterocycles. The van der Waals surface area contributed by atoms with E-state index in [0.717, 1.165) is 110 Å². The summed E-state index contributed by atoms with van der Waals surface area (Å²) in [5.74, 6) is 0. The lowest BCUT2D eigenvalue weighted by molar-refractivity contribution is 0.663. The second kappa shape index (κ2) is 12.0. The zero-order valence-electron chi connectivity index (χ0n) is 30.1. The Kier molecular flexibility index (Phi) is 6.60. The van der Waals surface area contributed by atoms with Gasteiger partial charge in [-0.25, -0.2) is 0 Å². The summed E-state index contributed by atoms with van der Waals surface area (Å²) in [4.78, 5) is 2.30. The van der Waals surface area contributed by atoms with Crippen LogP contribution in [0.15, 0.2) is 201 Å². The number of hydrogen-bond donors (Lipinski definition) is 0. The molecular weight excluding hydrogens is 687 g/mol. The number of nitrogens with zero attached hydrogens (tertiary/aromatic N) is 1. The molecule has 0 amide bonds. The van der Waals surface area contributed by atoms with Gasteiger partial charge in [-0.05, 0) is 88.3 Å². The molecule has 0 saturated carbocycles. The van der Waals surface area contributed by atoms with Gasteiger partial charge in [0.15, 0.2) is 5.58 Å². The second-order valence-corrected chi connectivity index (χ2v) is 14.4. The van der Waals surface area contributed by atoms with Gasteiger partial charge in [-0.1, -0.05) is 127 Å². The molecule has 0 N–H and O–H groups in total. The number of hydrogen-bond acceptors (Lipinski definition) is 4. The van der Waals surface area contributed by atoms with Crippen molar-refractivity contribution in [1.82, 2.24) is 0 Å². The monoisotopic (exact) mass is 717 g/mol. The first-order valence-corrected chi connectivity index (χ1v) is 18.9. The Bertz CT molecular complexity index is 3460. The van der Waals surface area contributed by atoms with Crippen LogP contribution in [-0.4, -0.2) is 0 Å². The second-order valence-electron chi connectivity index (χ2n) is 14.4. The molecule has 0 unspecified atom stereocenters. The molecule has 3 heterocycles. The fraction of sp³-hybridized carbons (Fsp3) is 0. The molecule has 0 aliphatic heterocycles. The first-order valence-electron chi connectivity index (χ1n) is 18.9. The van der Waals surface area contributed by atoms with Crippen LogP contribution in [0, 0.1) is 0 Å². The summed E-state index contributed by atoms with van der Waals surface area (Å²) in [6.07, 6.45) is 0. The molecule has 12 rings (SSSR count). The van der Waals surface area contributed by atoms with E-state index in [0.29, 0.717) is 0 Å². The van der Waals surface area contributed by atoms with Crippen molar-refractivity contribution < 1.29 is 13.3 Å². The minimum Gasteiger partial charge on any atom is -0.456 e. The van der Waals surface area contributed by atoms with E-state index >= 15 is 0 Å². The topological polar surface area (TPSA) is 42.7 Å². The minimum absolute atomic E-state index is 0.812. The van der Waals surface area contributed by atoms with Gasteiger partial charge in [0.2, 0.25) is 0 Å². The van der Waals surface area contributed by atoms with Crippen LogP contribution in [0.5, 0.6) is 0 Å². The quantitative estimate of drug-likeness (QED) is 0.178. The third-order valence-electron chi connectivity index (χ3n) is 11.3. The molecule has 262 valence electrons. The lowest BCUT2D eigenvalue weighted by Gasteiger charge is -2.26. The number of fused-ring (bicyclic) bond motifs is 12. The summed E-state index contributed by atoms with van der Waals surface area (Å²) in [6, 6.07) is 66.0. The normalized spacial score (nSPS) is 11.9. The fourth-order valence-electron chi connectivity index (χ4n) is 8.66. The molecule has 0 atom stereocenters. The molecule has 0 bridgehead atoms. The molecule has 56 heavy (non-hydrogen) atoms. The average Bonchev–Trinajstić information content (AvgIpc) is 3.96. The van der Waals surface area contributed by atoms with Crippen molar-refractivity contribution in [3.05, 3.63) is 188 Å². The lowest BCUT2D eigenvalue weighted by atomic mass is 9.98. The largest absolute Gasteiger partial charge is 0.456 e. The predicted molar refractivity (Wildman–Crippen MR) is 231 cm³/mol. The van der Waals surface area contributed by atoms with E-state index in [1.54, 1.807) is 0 Å². The van der Waals surface area contributed by atoms with E-state index in [1.807, 2.05) is 18.2 Å². The minimum atomic E-state index is 0.812. The van der Waals surface area contributed by atoms with Gasteiger partial charge >= 0.3 is 0 Å².